The Morgan fingerprint density at radius 1 is 1.10 bits per heavy atom. The van der Waals surface area contributed by atoms with Crippen LogP contribution < -0.4 is 4.90 Å². The molecule has 0 atom stereocenters. The van der Waals surface area contributed by atoms with E-state index in [0.29, 0.717) is 12.2 Å². The van der Waals surface area contributed by atoms with Crippen molar-refractivity contribution in [1.82, 2.24) is 0 Å². The van der Waals surface area contributed by atoms with Crippen molar-refractivity contribution in [2.45, 2.75) is 13.8 Å². The standard InChI is InChI=1S/C16H14F2N2/c1-3-20(13-6-4-11(2)5-7-13)16-14(17)8-12(10-19)9-15(16)18/h4-9H,3H2,1-2H3. The average Bonchev–Trinajstić information content (AvgIpc) is 2.43. The Hall–Kier alpha value is -2.41. The van der Waals surface area contributed by atoms with Crippen LogP contribution in [0.1, 0.15) is 18.1 Å². The predicted molar refractivity (Wildman–Crippen MR) is 74.9 cm³/mol. The quantitative estimate of drug-likeness (QED) is 0.832. The molecule has 4 heteroatoms. The molecular weight excluding hydrogens is 258 g/mol. The summed E-state index contributed by atoms with van der Waals surface area (Å²) in [5.41, 5.74) is 1.63. The maximum atomic E-state index is 14.1. The van der Waals surface area contributed by atoms with Crippen LogP contribution in [0, 0.1) is 29.9 Å². The topological polar surface area (TPSA) is 27.0 Å². The highest BCUT2D eigenvalue weighted by molar-refractivity contribution is 5.65. The summed E-state index contributed by atoms with van der Waals surface area (Å²) in [6.07, 6.45) is 0. The number of nitrogens with zero attached hydrogens (tertiary/aromatic N) is 2. The zero-order valence-corrected chi connectivity index (χ0v) is 11.3. The second-order valence-electron chi connectivity index (χ2n) is 4.48. The van der Waals surface area contributed by atoms with Crippen molar-refractivity contribution < 1.29 is 8.78 Å². The number of halogens is 2. The molecule has 2 aromatic carbocycles. The van der Waals surface area contributed by atoms with Crippen molar-refractivity contribution in [1.29, 1.82) is 5.26 Å². The lowest BCUT2D eigenvalue weighted by molar-refractivity contribution is 0.580. The molecule has 0 aliphatic rings. The summed E-state index contributed by atoms with van der Waals surface area (Å²) in [6.45, 7) is 4.18. The van der Waals surface area contributed by atoms with Crippen LogP contribution in [-0.4, -0.2) is 6.54 Å². The monoisotopic (exact) mass is 272 g/mol. The fourth-order valence-electron chi connectivity index (χ4n) is 2.08. The highest BCUT2D eigenvalue weighted by Crippen LogP contribution is 2.31. The normalized spacial score (nSPS) is 10.2. The van der Waals surface area contributed by atoms with Gasteiger partial charge < -0.3 is 4.90 Å². The molecule has 2 nitrogen and oxygen atoms in total. The van der Waals surface area contributed by atoms with E-state index in [1.54, 1.807) is 11.0 Å². The second-order valence-corrected chi connectivity index (χ2v) is 4.48. The van der Waals surface area contributed by atoms with E-state index in [-0.39, 0.29) is 11.3 Å². The molecule has 0 aliphatic heterocycles. The first-order chi connectivity index (χ1) is 9.56. The number of anilines is 2. The van der Waals surface area contributed by atoms with Crippen LogP contribution in [0.25, 0.3) is 0 Å². The van der Waals surface area contributed by atoms with Crippen LogP contribution >= 0.6 is 0 Å². The van der Waals surface area contributed by atoms with Crippen molar-refractivity contribution in [2.24, 2.45) is 0 Å². The van der Waals surface area contributed by atoms with Gasteiger partial charge in [-0.05, 0) is 38.1 Å². The Bertz CT molecular complexity index is 634. The van der Waals surface area contributed by atoms with Crippen LogP contribution in [0.2, 0.25) is 0 Å². The maximum Gasteiger partial charge on any atom is 0.151 e. The Morgan fingerprint density at radius 2 is 1.65 bits per heavy atom. The Kier molecular flexibility index (Phi) is 3.99. The van der Waals surface area contributed by atoms with Gasteiger partial charge in [-0.1, -0.05) is 17.7 Å². The van der Waals surface area contributed by atoms with E-state index in [1.165, 1.54) is 0 Å². The summed E-state index contributed by atoms with van der Waals surface area (Å²) in [5, 5.41) is 8.72. The molecule has 0 unspecified atom stereocenters. The molecule has 0 bridgehead atoms. The summed E-state index contributed by atoms with van der Waals surface area (Å²) in [5.74, 6) is -1.46. The Morgan fingerprint density at radius 3 is 2.10 bits per heavy atom. The van der Waals surface area contributed by atoms with E-state index < -0.39 is 11.6 Å². The van der Waals surface area contributed by atoms with Gasteiger partial charge in [0.1, 0.15) is 5.69 Å². The zero-order valence-electron chi connectivity index (χ0n) is 11.3. The Labute approximate surface area is 116 Å². The second kappa shape index (κ2) is 5.70. The summed E-state index contributed by atoms with van der Waals surface area (Å²) >= 11 is 0. The number of aryl methyl sites for hydroxylation is 1. The van der Waals surface area contributed by atoms with Gasteiger partial charge in [-0.15, -0.1) is 0 Å². The zero-order chi connectivity index (χ0) is 14.7. The fourth-order valence-corrected chi connectivity index (χ4v) is 2.08. The number of nitriles is 1. The molecule has 0 aliphatic carbocycles. The maximum absolute atomic E-state index is 14.1. The minimum atomic E-state index is -0.732. The highest BCUT2D eigenvalue weighted by Gasteiger charge is 2.18. The molecule has 20 heavy (non-hydrogen) atoms. The molecule has 2 rings (SSSR count). The van der Waals surface area contributed by atoms with Crippen LogP contribution in [0.4, 0.5) is 20.2 Å². The first-order valence-corrected chi connectivity index (χ1v) is 6.30. The number of benzene rings is 2. The van der Waals surface area contributed by atoms with Gasteiger partial charge >= 0.3 is 0 Å². The number of rotatable bonds is 3. The van der Waals surface area contributed by atoms with E-state index in [2.05, 4.69) is 0 Å². The van der Waals surface area contributed by atoms with Crippen molar-refractivity contribution >= 4 is 11.4 Å². The third kappa shape index (κ3) is 2.62. The highest BCUT2D eigenvalue weighted by atomic mass is 19.1. The van der Waals surface area contributed by atoms with Gasteiger partial charge in [0.2, 0.25) is 0 Å². The number of hydrogen-bond acceptors (Lipinski definition) is 2. The average molecular weight is 272 g/mol. The molecule has 0 spiro atoms. The molecule has 0 saturated heterocycles. The van der Waals surface area contributed by atoms with Gasteiger partial charge in [-0.25, -0.2) is 8.78 Å². The fraction of sp³-hybridized carbons (Fsp3) is 0.188. The van der Waals surface area contributed by atoms with Gasteiger partial charge in [-0.2, -0.15) is 5.26 Å². The molecule has 0 heterocycles. The van der Waals surface area contributed by atoms with Crippen LogP contribution in [0.15, 0.2) is 36.4 Å². The van der Waals surface area contributed by atoms with E-state index >= 15 is 0 Å². The third-order valence-electron chi connectivity index (χ3n) is 3.08. The first kappa shape index (κ1) is 14.0. The van der Waals surface area contributed by atoms with Crippen molar-refractivity contribution in [3.63, 3.8) is 0 Å². The number of hydrogen-bond donors (Lipinski definition) is 0. The van der Waals surface area contributed by atoms with E-state index in [9.17, 15) is 8.78 Å². The molecule has 102 valence electrons. The molecule has 2 aromatic rings. The molecule has 0 radical (unpaired) electrons. The molecule has 0 amide bonds. The lowest BCUT2D eigenvalue weighted by Gasteiger charge is -2.24. The van der Waals surface area contributed by atoms with Gasteiger partial charge in [0, 0.05) is 12.2 Å². The summed E-state index contributed by atoms with van der Waals surface area (Å²) in [4.78, 5) is 1.55. The van der Waals surface area contributed by atoms with Crippen LogP contribution in [0.5, 0.6) is 0 Å². The molecule has 0 fully saturated rings. The molecule has 0 aromatic heterocycles. The SMILES string of the molecule is CCN(c1ccc(C)cc1)c1c(F)cc(C#N)cc1F. The van der Waals surface area contributed by atoms with Gasteiger partial charge in [0.05, 0.1) is 11.6 Å². The summed E-state index contributed by atoms with van der Waals surface area (Å²) in [7, 11) is 0. The van der Waals surface area contributed by atoms with Gasteiger partial charge in [0.15, 0.2) is 11.6 Å². The van der Waals surface area contributed by atoms with Crippen molar-refractivity contribution in [3.05, 3.63) is 59.2 Å². The molecule has 0 N–H and O–H groups in total. The van der Waals surface area contributed by atoms with E-state index in [1.807, 2.05) is 38.1 Å². The van der Waals surface area contributed by atoms with Crippen LogP contribution in [-0.2, 0) is 0 Å². The third-order valence-corrected chi connectivity index (χ3v) is 3.08. The summed E-state index contributed by atoms with van der Waals surface area (Å²) in [6, 6.07) is 11.2. The lowest BCUT2D eigenvalue weighted by atomic mass is 10.1. The minimum Gasteiger partial charge on any atom is -0.337 e. The summed E-state index contributed by atoms with van der Waals surface area (Å²) < 4.78 is 28.1. The largest absolute Gasteiger partial charge is 0.337 e. The molecule has 0 saturated carbocycles. The van der Waals surface area contributed by atoms with Gasteiger partial charge in [-0.3, -0.25) is 0 Å². The van der Waals surface area contributed by atoms with Gasteiger partial charge in [0.25, 0.3) is 0 Å². The minimum absolute atomic E-state index is 0.0243. The smallest absolute Gasteiger partial charge is 0.151 e. The lowest BCUT2D eigenvalue weighted by Crippen LogP contribution is -2.19. The van der Waals surface area contributed by atoms with Crippen molar-refractivity contribution in [2.75, 3.05) is 11.4 Å². The van der Waals surface area contributed by atoms with Crippen molar-refractivity contribution in [3.8, 4) is 6.07 Å². The molecular formula is C16H14F2N2. The van der Waals surface area contributed by atoms with Crippen LogP contribution in [0.3, 0.4) is 0 Å². The first-order valence-electron chi connectivity index (χ1n) is 6.30. The van der Waals surface area contributed by atoms with E-state index in [4.69, 9.17) is 5.26 Å². The van der Waals surface area contributed by atoms with E-state index in [0.717, 1.165) is 17.7 Å². The Balaban J connectivity index is 2.53. The predicted octanol–water partition coefficient (Wildman–Crippen LogP) is 4.30.